The van der Waals surface area contributed by atoms with Gasteiger partial charge < -0.3 is 0 Å². The number of rotatable bonds is 4. The molecule has 0 bridgehead atoms. The van der Waals surface area contributed by atoms with E-state index in [9.17, 15) is 8.42 Å². The summed E-state index contributed by atoms with van der Waals surface area (Å²) in [7, 11) is -3.06. The monoisotopic (exact) mass is 325 g/mol. The Morgan fingerprint density at radius 2 is 2.29 bits per heavy atom. The predicted octanol–water partition coefficient (Wildman–Crippen LogP) is 2.10. The Balaban J connectivity index is 1.65. The number of hydrogen-bond donors (Lipinski definition) is 0. The Kier molecular flexibility index (Phi) is 4.24. The molecule has 1 fully saturated rings. The molecule has 3 rings (SSSR count). The number of nitrogens with zero attached hydrogens (tertiary/aromatic N) is 3. The molecule has 0 amide bonds. The summed E-state index contributed by atoms with van der Waals surface area (Å²) in [5.41, 5.74) is 1.08. The fraction of sp³-hybridized carbons (Fsp3) is 0.500. The van der Waals surface area contributed by atoms with Crippen LogP contribution in [0.3, 0.4) is 0 Å². The summed E-state index contributed by atoms with van der Waals surface area (Å²) in [5.74, 6) is 1.30. The number of aromatic nitrogens is 2. The molecule has 1 aliphatic heterocycles. The molecule has 7 heteroatoms. The molecule has 21 heavy (non-hydrogen) atoms. The van der Waals surface area contributed by atoms with Gasteiger partial charge in [-0.3, -0.25) is 4.40 Å². The second-order valence-corrected chi connectivity index (χ2v) is 8.45. The van der Waals surface area contributed by atoms with Gasteiger partial charge in [-0.15, -0.1) is 0 Å². The first kappa shape index (κ1) is 14.9. The number of sulfonamides is 1. The minimum Gasteiger partial charge on any atom is -0.295 e. The Morgan fingerprint density at radius 3 is 3.10 bits per heavy atom. The fourth-order valence-corrected chi connectivity index (χ4v) is 4.71. The summed E-state index contributed by atoms with van der Waals surface area (Å²) in [6.45, 7) is 1.29. The summed E-state index contributed by atoms with van der Waals surface area (Å²) >= 11 is 1.71. The quantitative estimate of drug-likeness (QED) is 0.808. The molecule has 5 nitrogen and oxygen atoms in total. The van der Waals surface area contributed by atoms with Gasteiger partial charge in [0, 0.05) is 25.0 Å². The highest BCUT2D eigenvalue weighted by molar-refractivity contribution is 7.99. The third-order valence-electron chi connectivity index (χ3n) is 3.80. The van der Waals surface area contributed by atoms with E-state index in [1.807, 2.05) is 30.6 Å². The van der Waals surface area contributed by atoms with Crippen LogP contribution in [-0.4, -0.2) is 47.2 Å². The van der Waals surface area contributed by atoms with Crippen molar-refractivity contribution in [1.82, 2.24) is 13.7 Å². The average molecular weight is 325 g/mol. The minimum absolute atomic E-state index is 0.398. The molecule has 0 spiro atoms. The largest absolute Gasteiger partial charge is 0.295 e. The van der Waals surface area contributed by atoms with Crippen LogP contribution in [0.25, 0.3) is 5.52 Å². The standard InChI is InChI=1S/C14H19N3O2S2/c1-21(18,19)16-7-4-5-12(10-16)11-20-14-15-9-13-6-2-3-8-17(13)14/h2-3,6,8-9,12H,4-5,7,10-11H2,1H3. The van der Waals surface area contributed by atoms with Crippen LogP contribution in [-0.2, 0) is 10.0 Å². The van der Waals surface area contributed by atoms with Gasteiger partial charge in [0.2, 0.25) is 10.0 Å². The van der Waals surface area contributed by atoms with E-state index < -0.39 is 10.0 Å². The van der Waals surface area contributed by atoms with Crippen molar-refractivity contribution in [1.29, 1.82) is 0 Å². The van der Waals surface area contributed by atoms with Gasteiger partial charge in [-0.2, -0.15) is 0 Å². The minimum atomic E-state index is -3.06. The van der Waals surface area contributed by atoms with Crippen molar-refractivity contribution in [2.24, 2.45) is 5.92 Å². The van der Waals surface area contributed by atoms with Crippen LogP contribution in [0.4, 0.5) is 0 Å². The molecule has 0 aliphatic carbocycles. The lowest BCUT2D eigenvalue weighted by Crippen LogP contribution is -2.39. The highest BCUT2D eigenvalue weighted by atomic mass is 32.2. The van der Waals surface area contributed by atoms with Crippen molar-refractivity contribution in [2.45, 2.75) is 18.0 Å². The summed E-state index contributed by atoms with van der Waals surface area (Å²) in [5, 5.41) is 0.974. The predicted molar refractivity (Wildman–Crippen MR) is 85.1 cm³/mol. The van der Waals surface area contributed by atoms with Crippen LogP contribution >= 0.6 is 11.8 Å². The van der Waals surface area contributed by atoms with Crippen molar-refractivity contribution >= 4 is 27.3 Å². The van der Waals surface area contributed by atoms with Crippen molar-refractivity contribution in [3.05, 3.63) is 30.6 Å². The van der Waals surface area contributed by atoms with E-state index in [0.717, 1.165) is 29.3 Å². The van der Waals surface area contributed by atoms with Crippen molar-refractivity contribution in [3.63, 3.8) is 0 Å². The number of pyridine rings is 1. The van der Waals surface area contributed by atoms with Gasteiger partial charge in [0.1, 0.15) is 0 Å². The number of piperidine rings is 1. The molecule has 3 heterocycles. The van der Waals surface area contributed by atoms with Crippen LogP contribution in [0.5, 0.6) is 0 Å². The maximum absolute atomic E-state index is 11.6. The average Bonchev–Trinajstić information content (AvgIpc) is 2.88. The Morgan fingerprint density at radius 1 is 1.43 bits per heavy atom. The lowest BCUT2D eigenvalue weighted by atomic mass is 10.0. The Labute approximate surface area is 129 Å². The lowest BCUT2D eigenvalue weighted by Gasteiger charge is -2.30. The molecule has 1 unspecified atom stereocenters. The lowest BCUT2D eigenvalue weighted by molar-refractivity contribution is 0.286. The zero-order chi connectivity index (χ0) is 14.9. The Bertz CT molecular complexity index is 727. The van der Waals surface area contributed by atoms with Gasteiger partial charge in [-0.1, -0.05) is 17.8 Å². The summed E-state index contributed by atoms with van der Waals surface area (Å²) in [6, 6.07) is 6.02. The fourth-order valence-electron chi connectivity index (χ4n) is 2.68. The topological polar surface area (TPSA) is 54.7 Å². The summed E-state index contributed by atoms with van der Waals surface area (Å²) in [4.78, 5) is 4.44. The second-order valence-electron chi connectivity index (χ2n) is 5.48. The molecule has 0 aromatic carbocycles. The first-order chi connectivity index (χ1) is 10.0. The number of thioether (sulfide) groups is 1. The van der Waals surface area contributed by atoms with Crippen molar-refractivity contribution in [3.8, 4) is 0 Å². The third-order valence-corrected chi connectivity index (χ3v) is 6.27. The van der Waals surface area contributed by atoms with E-state index in [0.29, 0.717) is 19.0 Å². The van der Waals surface area contributed by atoms with E-state index in [2.05, 4.69) is 9.38 Å². The molecule has 0 N–H and O–H groups in total. The van der Waals surface area contributed by atoms with Crippen LogP contribution in [0.1, 0.15) is 12.8 Å². The molecule has 114 valence electrons. The van der Waals surface area contributed by atoms with E-state index in [4.69, 9.17) is 0 Å². The maximum Gasteiger partial charge on any atom is 0.211 e. The molecule has 0 radical (unpaired) electrons. The van der Waals surface area contributed by atoms with Crippen LogP contribution < -0.4 is 0 Å². The van der Waals surface area contributed by atoms with E-state index in [1.54, 1.807) is 16.1 Å². The highest BCUT2D eigenvalue weighted by Gasteiger charge is 2.26. The summed E-state index contributed by atoms with van der Waals surface area (Å²) in [6.07, 6.45) is 7.20. The SMILES string of the molecule is CS(=O)(=O)N1CCCC(CSc2ncc3ccccn23)C1. The van der Waals surface area contributed by atoms with E-state index >= 15 is 0 Å². The number of fused-ring (bicyclic) bond motifs is 1. The van der Waals surface area contributed by atoms with Crippen molar-refractivity contribution in [2.75, 3.05) is 25.1 Å². The molecule has 2 aromatic heterocycles. The van der Waals surface area contributed by atoms with Crippen molar-refractivity contribution < 1.29 is 8.42 Å². The second kappa shape index (κ2) is 5.98. The van der Waals surface area contributed by atoms with Gasteiger partial charge in [0.15, 0.2) is 5.16 Å². The Hall–Kier alpha value is -1.05. The smallest absolute Gasteiger partial charge is 0.211 e. The number of imidazole rings is 1. The highest BCUT2D eigenvalue weighted by Crippen LogP contribution is 2.26. The third kappa shape index (κ3) is 3.41. The zero-order valence-electron chi connectivity index (χ0n) is 12.0. The molecular weight excluding hydrogens is 306 g/mol. The van der Waals surface area contributed by atoms with Crippen LogP contribution in [0, 0.1) is 5.92 Å². The molecule has 0 saturated carbocycles. The van der Waals surface area contributed by atoms with Crippen LogP contribution in [0.2, 0.25) is 0 Å². The van der Waals surface area contributed by atoms with E-state index in [1.165, 1.54) is 6.26 Å². The van der Waals surface area contributed by atoms with E-state index in [-0.39, 0.29) is 0 Å². The van der Waals surface area contributed by atoms with Gasteiger partial charge in [-0.25, -0.2) is 17.7 Å². The first-order valence-electron chi connectivity index (χ1n) is 7.04. The molecule has 1 aliphatic rings. The molecule has 2 aromatic rings. The first-order valence-corrected chi connectivity index (χ1v) is 9.87. The zero-order valence-corrected chi connectivity index (χ0v) is 13.6. The van der Waals surface area contributed by atoms with Gasteiger partial charge in [-0.05, 0) is 30.9 Å². The van der Waals surface area contributed by atoms with Gasteiger partial charge in [0.05, 0.1) is 18.0 Å². The van der Waals surface area contributed by atoms with Gasteiger partial charge in [0.25, 0.3) is 0 Å². The van der Waals surface area contributed by atoms with Gasteiger partial charge >= 0.3 is 0 Å². The maximum atomic E-state index is 11.6. The molecular formula is C14H19N3O2S2. The molecule has 1 atom stereocenters. The molecule has 1 saturated heterocycles. The summed E-state index contributed by atoms with van der Waals surface area (Å²) < 4.78 is 27.0. The number of hydrogen-bond acceptors (Lipinski definition) is 4. The van der Waals surface area contributed by atoms with Crippen LogP contribution in [0.15, 0.2) is 35.7 Å². The normalized spacial score (nSPS) is 20.9.